The highest BCUT2D eigenvalue weighted by Gasteiger charge is 2.13. The molecule has 0 aliphatic rings. The number of carbonyl (C=O) groups excluding carboxylic acids is 1. The number of nitrogens with one attached hydrogen (secondary N) is 2. The lowest BCUT2D eigenvalue weighted by atomic mass is 9.87. The summed E-state index contributed by atoms with van der Waals surface area (Å²) in [4.78, 5) is 16.7. The van der Waals surface area contributed by atoms with E-state index in [-0.39, 0.29) is 16.3 Å². The van der Waals surface area contributed by atoms with Crippen LogP contribution in [0.4, 0.5) is 15.9 Å². The van der Waals surface area contributed by atoms with Gasteiger partial charge in [-0.05, 0) is 58.8 Å². The van der Waals surface area contributed by atoms with Crippen molar-refractivity contribution in [3.63, 3.8) is 0 Å². The van der Waals surface area contributed by atoms with Gasteiger partial charge in [0, 0.05) is 23.2 Å². The number of rotatable bonds is 6. The summed E-state index contributed by atoms with van der Waals surface area (Å²) in [6.07, 6.45) is 1.56. The topological polar surface area (TPSA) is 54.0 Å². The molecule has 0 atom stereocenters. The zero-order valence-corrected chi connectivity index (χ0v) is 18.6. The minimum atomic E-state index is -0.532. The second-order valence-corrected chi connectivity index (χ2v) is 9.04. The lowest BCUT2D eigenvalue weighted by Gasteiger charge is -2.19. The van der Waals surface area contributed by atoms with E-state index in [2.05, 4.69) is 60.1 Å². The molecule has 0 fully saturated rings. The molecular weight excluding hydrogens is 421 g/mol. The van der Waals surface area contributed by atoms with Crippen LogP contribution in [0.1, 0.15) is 42.3 Å². The molecule has 156 valence electrons. The molecule has 1 heterocycles. The summed E-state index contributed by atoms with van der Waals surface area (Å²) in [5.74, 6) is 0.480. The Morgan fingerprint density at radius 1 is 1.10 bits per heavy atom. The standard InChI is InChI=1S/C23H23ClFN3OS/c1-23(2,3)17-6-4-15(5-7-17)14-30-28-21-12-16(10-11-26-21)22(29)27-18-8-9-20(25)19(24)13-18/h4-13H,14H2,1-3H3,(H,26,28)(H,27,29). The molecule has 0 saturated carbocycles. The van der Waals surface area contributed by atoms with Crippen molar-refractivity contribution in [2.24, 2.45) is 0 Å². The number of hydrogen-bond donors (Lipinski definition) is 2. The van der Waals surface area contributed by atoms with Gasteiger partial charge in [0.15, 0.2) is 0 Å². The maximum atomic E-state index is 13.3. The van der Waals surface area contributed by atoms with Crippen molar-refractivity contribution in [2.45, 2.75) is 31.9 Å². The Morgan fingerprint density at radius 3 is 2.50 bits per heavy atom. The van der Waals surface area contributed by atoms with E-state index in [1.54, 1.807) is 18.3 Å². The molecule has 0 unspecified atom stereocenters. The zero-order valence-electron chi connectivity index (χ0n) is 17.0. The van der Waals surface area contributed by atoms with Gasteiger partial charge in [-0.2, -0.15) is 0 Å². The van der Waals surface area contributed by atoms with Crippen LogP contribution in [0.15, 0.2) is 60.8 Å². The van der Waals surface area contributed by atoms with Gasteiger partial charge in [0.2, 0.25) is 0 Å². The van der Waals surface area contributed by atoms with Crippen LogP contribution in [0.2, 0.25) is 5.02 Å². The molecule has 2 aromatic carbocycles. The van der Waals surface area contributed by atoms with E-state index in [1.807, 2.05) is 0 Å². The van der Waals surface area contributed by atoms with Gasteiger partial charge in [0.1, 0.15) is 11.6 Å². The first-order valence-corrected chi connectivity index (χ1v) is 10.8. The van der Waals surface area contributed by atoms with Crippen LogP contribution < -0.4 is 10.0 Å². The van der Waals surface area contributed by atoms with E-state index >= 15 is 0 Å². The molecule has 2 N–H and O–H groups in total. The third kappa shape index (κ3) is 5.97. The maximum absolute atomic E-state index is 13.3. The van der Waals surface area contributed by atoms with Gasteiger partial charge < -0.3 is 10.0 Å². The van der Waals surface area contributed by atoms with Gasteiger partial charge >= 0.3 is 0 Å². The number of amides is 1. The Bertz CT molecular complexity index is 1040. The molecule has 0 aliphatic heterocycles. The largest absolute Gasteiger partial charge is 0.322 e. The first-order chi connectivity index (χ1) is 14.2. The third-order valence-corrected chi connectivity index (χ3v) is 5.56. The Morgan fingerprint density at radius 2 is 1.83 bits per heavy atom. The van der Waals surface area contributed by atoms with Crippen molar-refractivity contribution >= 4 is 41.0 Å². The number of pyridine rings is 1. The molecule has 1 amide bonds. The SMILES string of the molecule is CC(C)(C)c1ccc(CSNc2cc(C(=O)Nc3ccc(F)c(Cl)c3)ccn2)cc1. The van der Waals surface area contributed by atoms with Crippen LogP contribution in [0, 0.1) is 5.82 Å². The molecule has 0 spiro atoms. The molecule has 30 heavy (non-hydrogen) atoms. The third-order valence-electron chi connectivity index (χ3n) is 4.44. The van der Waals surface area contributed by atoms with Crippen LogP contribution >= 0.6 is 23.5 Å². The summed E-state index contributed by atoms with van der Waals surface area (Å²) < 4.78 is 16.4. The molecule has 0 radical (unpaired) electrons. The normalized spacial score (nSPS) is 11.2. The van der Waals surface area contributed by atoms with Gasteiger partial charge in [-0.25, -0.2) is 9.37 Å². The number of anilines is 2. The van der Waals surface area contributed by atoms with Crippen LogP contribution in [0.5, 0.6) is 0 Å². The predicted molar refractivity (Wildman–Crippen MR) is 124 cm³/mol. The Balaban J connectivity index is 1.57. The number of benzene rings is 2. The first kappa shape index (κ1) is 22.1. The molecule has 0 aliphatic carbocycles. The minimum absolute atomic E-state index is 0.0446. The number of hydrogen-bond acceptors (Lipinski definition) is 4. The second-order valence-electron chi connectivity index (χ2n) is 7.85. The fraction of sp³-hybridized carbons (Fsp3) is 0.217. The summed E-state index contributed by atoms with van der Waals surface area (Å²) in [6, 6.07) is 15.9. The van der Waals surface area contributed by atoms with Crippen LogP contribution in [-0.2, 0) is 11.2 Å². The van der Waals surface area contributed by atoms with Gasteiger partial charge in [-0.1, -0.05) is 56.6 Å². The molecule has 3 rings (SSSR count). The smallest absolute Gasteiger partial charge is 0.255 e. The average molecular weight is 444 g/mol. The van der Waals surface area contributed by atoms with Crippen LogP contribution in [-0.4, -0.2) is 10.9 Å². The van der Waals surface area contributed by atoms with E-state index in [0.717, 1.165) is 5.75 Å². The highest BCUT2D eigenvalue weighted by Crippen LogP contribution is 2.24. The van der Waals surface area contributed by atoms with Gasteiger partial charge in [0.25, 0.3) is 5.91 Å². The average Bonchev–Trinajstić information content (AvgIpc) is 2.71. The second kappa shape index (κ2) is 9.49. The quantitative estimate of drug-likeness (QED) is 0.417. The monoisotopic (exact) mass is 443 g/mol. The van der Waals surface area contributed by atoms with Gasteiger partial charge in [0.05, 0.1) is 5.02 Å². The van der Waals surface area contributed by atoms with Gasteiger partial charge in [-0.15, -0.1) is 0 Å². The molecule has 1 aromatic heterocycles. The van der Waals surface area contributed by atoms with Crippen molar-refractivity contribution in [1.82, 2.24) is 4.98 Å². The summed E-state index contributed by atoms with van der Waals surface area (Å²) in [5, 5.41) is 2.66. The van der Waals surface area contributed by atoms with E-state index in [0.29, 0.717) is 17.1 Å². The van der Waals surface area contributed by atoms with E-state index in [4.69, 9.17) is 11.6 Å². The van der Waals surface area contributed by atoms with E-state index in [1.165, 1.54) is 41.3 Å². The van der Waals surface area contributed by atoms with Crippen molar-refractivity contribution in [1.29, 1.82) is 0 Å². The minimum Gasteiger partial charge on any atom is -0.322 e. The molecular formula is C23H23ClFN3OS. The zero-order chi connectivity index (χ0) is 21.7. The Hall–Kier alpha value is -2.57. The van der Waals surface area contributed by atoms with Crippen molar-refractivity contribution < 1.29 is 9.18 Å². The summed E-state index contributed by atoms with van der Waals surface area (Å²) >= 11 is 7.26. The fourth-order valence-electron chi connectivity index (χ4n) is 2.70. The lowest BCUT2D eigenvalue weighted by Crippen LogP contribution is -2.12. The molecule has 7 heteroatoms. The first-order valence-electron chi connectivity index (χ1n) is 9.42. The fourth-order valence-corrected chi connectivity index (χ4v) is 3.57. The Kier molecular flexibility index (Phi) is 7.00. The maximum Gasteiger partial charge on any atom is 0.255 e. The predicted octanol–water partition coefficient (Wildman–Crippen LogP) is 6.68. The van der Waals surface area contributed by atoms with Crippen LogP contribution in [0.25, 0.3) is 0 Å². The summed E-state index contributed by atoms with van der Waals surface area (Å²) in [6.45, 7) is 6.58. The summed E-state index contributed by atoms with van der Waals surface area (Å²) in [7, 11) is 0. The van der Waals surface area contributed by atoms with E-state index in [9.17, 15) is 9.18 Å². The highest BCUT2D eigenvalue weighted by atomic mass is 35.5. The molecule has 0 saturated heterocycles. The Labute approximate surface area is 185 Å². The highest BCUT2D eigenvalue weighted by molar-refractivity contribution is 7.99. The number of carbonyl (C=O) groups is 1. The molecule has 0 bridgehead atoms. The molecule has 3 aromatic rings. The molecule has 4 nitrogen and oxygen atoms in total. The van der Waals surface area contributed by atoms with Crippen molar-refractivity contribution in [3.8, 4) is 0 Å². The number of nitrogens with zero attached hydrogens (tertiary/aromatic N) is 1. The van der Waals surface area contributed by atoms with Crippen molar-refractivity contribution in [2.75, 3.05) is 10.0 Å². The van der Waals surface area contributed by atoms with Crippen molar-refractivity contribution in [3.05, 3.63) is 88.3 Å². The number of halogens is 2. The summed E-state index contributed by atoms with van der Waals surface area (Å²) in [5.41, 5.74) is 3.48. The van der Waals surface area contributed by atoms with Crippen LogP contribution in [0.3, 0.4) is 0 Å². The van der Waals surface area contributed by atoms with Gasteiger partial charge in [-0.3, -0.25) is 4.79 Å². The lowest BCUT2D eigenvalue weighted by molar-refractivity contribution is 0.102. The van der Waals surface area contributed by atoms with E-state index < -0.39 is 5.82 Å². The number of aromatic nitrogens is 1.